The number of amides is 1. The summed E-state index contributed by atoms with van der Waals surface area (Å²) in [5, 5.41) is 3.97. The number of benzene rings is 1. The normalized spacial score (nSPS) is 15.7. The predicted molar refractivity (Wildman–Crippen MR) is 62.7 cm³/mol. The molecule has 1 aromatic carbocycles. The molecule has 1 aromatic rings. The number of rotatable bonds is 0. The molecule has 0 aliphatic carbocycles. The molecular formula is C11H13ClN2O. The van der Waals surface area contributed by atoms with Gasteiger partial charge in [0.2, 0.25) is 5.91 Å². The van der Waals surface area contributed by atoms with Crippen molar-refractivity contribution in [1.82, 2.24) is 0 Å². The summed E-state index contributed by atoms with van der Waals surface area (Å²) in [4.78, 5) is 13.3. The van der Waals surface area contributed by atoms with E-state index < -0.39 is 0 Å². The monoisotopic (exact) mass is 224 g/mol. The summed E-state index contributed by atoms with van der Waals surface area (Å²) in [6.07, 6.45) is 0.516. The van der Waals surface area contributed by atoms with Gasteiger partial charge in [-0.1, -0.05) is 11.6 Å². The average molecular weight is 225 g/mol. The van der Waals surface area contributed by atoms with E-state index in [4.69, 9.17) is 11.6 Å². The van der Waals surface area contributed by atoms with Crippen molar-refractivity contribution in [2.45, 2.75) is 13.3 Å². The quantitative estimate of drug-likeness (QED) is 0.734. The fourth-order valence-electron chi connectivity index (χ4n) is 1.77. The molecule has 0 bridgehead atoms. The number of hydrogen-bond donors (Lipinski definition) is 1. The molecule has 1 aliphatic heterocycles. The smallest absolute Gasteiger partial charge is 0.228 e. The zero-order valence-electron chi connectivity index (χ0n) is 8.80. The van der Waals surface area contributed by atoms with Gasteiger partial charge in [-0.05, 0) is 24.6 Å². The molecule has 1 N–H and O–H groups in total. The van der Waals surface area contributed by atoms with Gasteiger partial charge in [0.15, 0.2) is 0 Å². The van der Waals surface area contributed by atoms with Crippen LogP contribution in [0.15, 0.2) is 12.1 Å². The molecule has 0 aromatic heterocycles. The zero-order valence-corrected chi connectivity index (χ0v) is 9.56. The van der Waals surface area contributed by atoms with E-state index in [-0.39, 0.29) is 5.91 Å². The summed E-state index contributed by atoms with van der Waals surface area (Å²) in [6, 6.07) is 3.70. The Balaban J connectivity index is 2.57. The highest BCUT2D eigenvalue weighted by Crippen LogP contribution is 2.34. The number of fused-ring (bicyclic) bond motifs is 1. The van der Waals surface area contributed by atoms with Crippen LogP contribution in [0.25, 0.3) is 0 Å². The Kier molecular flexibility index (Phi) is 2.57. The maximum Gasteiger partial charge on any atom is 0.228 e. The Morgan fingerprint density at radius 2 is 2.20 bits per heavy atom. The first-order valence-electron chi connectivity index (χ1n) is 4.91. The third-order valence-electron chi connectivity index (χ3n) is 2.75. The van der Waals surface area contributed by atoms with Crippen molar-refractivity contribution >= 4 is 28.9 Å². The Morgan fingerprint density at radius 1 is 1.47 bits per heavy atom. The molecule has 80 valence electrons. The van der Waals surface area contributed by atoms with E-state index >= 15 is 0 Å². The highest BCUT2D eigenvalue weighted by Gasteiger charge is 2.20. The second-order valence-corrected chi connectivity index (χ2v) is 4.10. The van der Waals surface area contributed by atoms with E-state index in [1.807, 2.05) is 19.1 Å². The van der Waals surface area contributed by atoms with Crippen LogP contribution in [-0.2, 0) is 4.79 Å². The van der Waals surface area contributed by atoms with Crippen molar-refractivity contribution in [2.24, 2.45) is 0 Å². The van der Waals surface area contributed by atoms with Gasteiger partial charge in [0.1, 0.15) is 0 Å². The third kappa shape index (κ3) is 1.67. The van der Waals surface area contributed by atoms with Crippen LogP contribution in [0.4, 0.5) is 11.4 Å². The maximum absolute atomic E-state index is 11.6. The number of nitrogens with zero attached hydrogens (tertiary/aromatic N) is 1. The van der Waals surface area contributed by atoms with Gasteiger partial charge in [-0.25, -0.2) is 0 Å². The Labute approximate surface area is 94.0 Å². The van der Waals surface area contributed by atoms with Gasteiger partial charge in [-0.2, -0.15) is 0 Å². The molecule has 0 radical (unpaired) electrons. The minimum absolute atomic E-state index is 0.128. The lowest BCUT2D eigenvalue weighted by molar-refractivity contribution is -0.118. The fourth-order valence-corrected chi connectivity index (χ4v) is 1.93. The van der Waals surface area contributed by atoms with Crippen LogP contribution in [-0.4, -0.2) is 19.5 Å². The minimum atomic E-state index is 0.128. The van der Waals surface area contributed by atoms with Gasteiger partial charge in [-0.15, -0.1) is 0 Å². The summed E-state index contributed by atoms with van der Waals surface area (Å²) < 4.78 is 0. The molecule has 2 rings (SSSR count). The average Bonchev–Trinajstić information content (AvgIpc) is 2.35. The van der Waals surface area contributed by atoms with E-state index in [0.29, 0.717) is 13.0 Å². The molecule has 0 atom stereocenters. The lowest BCUT2D eigenvalue weighted by atomic mass is 10.1. The lowest BCUT2D eigenvalue weighted by Gasteiger charge is -2.18. The molecule has 15 heavy (non-hydrogen) atoms. The SMILES string of the molecule is Cc1c(Cl)ccc2c1NCCC(=O)N2C. The Morgan fingerprint density at radius 3 is 2.93 bits per heavy atom. The summed E-state index contributed by atoms with van der Waals surface area (Å²) in [5.74, 6) is 0.128. The van der Waals surface area contributed by atoms with Crippen LogP contribution >= 0.6 is 11.6 Å². The Bertz CT molecular complexity index is 417. The van der Waals surface area contributed by atoms with E-state index in [9.17, 15) is 4.79 Å². The number of hydrogen-bond acceptors (Lipinski definition) is 2. The first-order chi connectivity index (χ1) is 7.11. The van der Waals surface area contributed by atoms with Crippen LogP contribution in [0.1, 0.15) is 12.0 Å². The van der Waals surface area contributed by atoms with E-state index in [1.165, 1.54) is 0 Å². The van der Waals surface area contributed by atoms with Gasteiger partial charge < -0.3 is 10.2 Å². The van der Waals surface area contributed by atoms with E-state index in [0.717, 1.165) is 22.0 Å². The number of anilines is 2. The summed E-state index contributed by atoms with van der Waals surface area (Å²) >= 11 is 6.04. The van der Waals surface area contributed by atoms with Crippen LogP contribution in [0.2, 0.25) is 5.02 Å². The van der Waals surface area contributed by atoms with Crippen molar-refractivity contribution in [3.05, 3.63) is 22.7 Å². The number of carbonyl (C=O) groups is 1. The lowest BCUT2D eigenvalue weighted by Crippen LogP contribution is -2.25. The van der Waals surface area contributed by atoms with Gasteiger partial charge in [0.25, 0.3) is 0 Å². The second-order valence-electron chi connectivity index (χ2n) is 3.70. The molecule has 1 heterocycles. The molecule has 0 spiro atoms. The molecule has 0 unspecified atom stereocenters. The van der Waals surface area contributed by atoms with Gasteiger partial charge in [0, 0.05) is 25.0 Å². The summed E-state index contributed by atoms with van der Waals surface area (Å²) in [7, 11) is 1.79. The Hall–Kier alpha value is -1.22. The second kappa shape index (κ2) is 3.74. The van der Waals surface area contributed by atoms with Crippen molar-refractivity contribution in [3.8, 4) is 0 Å². The standard InChI is InChI=1S/C11H13ClN2O/c1-7-8(12)3-4-9-11(7)13-6-5-10(15)14(9)2/h3-4,13H,5-6H2,1-2H3. The largest absolute Gasteiger partial charge is 0.383 e. The van der Waals surface area contributed by atoms with Crippen molar-refractivity contribution in [1.29, 1.82) is 0 Å². The number of nitrogens with one attached hydrogen (secondary N) is 1. The molecule has 1 aliphatic rings. The van der Waals surface area contributed by atoms with Crippen molar-refractivity contribution in [2.75, 3.05) is 23.8 Å². The predicted octanol–water partition coefficient (Wildman–Crippen LogP) is 2.43. The van der Waals surface area contributed by atoms with Crippen LogP contribution in [0, 0.1) is 6.92 Å². The third-order valence-corrected chi connectivity index (χ3v) is 3.16. The summed E-state index contributed by atoms with van der Waals surface area (Å²) in [6.45, 7) is 2.62. The van der Waals surface area contributed by atoms with E-state index in [2.05, 4.69) is 5.32 Å². The first-order valence-corrected chi connectivity index (χ1v) is 5.28. The fraction of sp³-hybridized carbons (Fsp3) is 0.364. The van der Waals surface area contributed by atoms with Gasteiger partial charge in [-0.3, -0.25) is 4.79 Å². The van der Waals surface area contributed by atoms with Crippen LogP contribution < -0.4 is 10.2 Å². The maximum atomic E-state index is 11.6. The van der Waals surface area contributed by atoms with Crippen LogP contribution in [0.3, 0.4) is 0 Å². The molecule has 3 nitrogen and oxygen atoms in total. The summed E-state index contributed by atoms with van der Waals surface area (Å²) in [5.41, 5.74) is 2.87. The highest BCUT2D eigenvalue weighted by molar-refractivity contribution is 6.32. The number of halogens is 1. The van der Waals surface area contributed by atoms with Crippen molar-refractivity contribution in [3.63, 3.8) is 0 Å². The molecule has 1 amide bonds. The molecular weight excluding hydrogens is 212 g/mol. The van der Waals surface area contributed by atoms with Crippen molar-refractivity contribution < 1.29 is 4.79 Å². The zero-order chi connectivity index (χ0) is 11.0. The molecule has 0 saturated carbocycles. The topological polar surface area (TPSA) is 32.3 Å². The highest BCUT2D eigenvalue weighted by atomic mass is 35.5. The van der Waals surface area contributed by atoms with Gasteiger partial charge in [0.05, 0.1) is 11.4 Å². The van der Waals surface area contributed by atoms with Gasteiger partial charge >= 0.3 is 0 Å². The first kappa shape index (κ1) is 10.3. The molecule has 4 heteroatoms. The van der Waals surface area contributed by atoms with E-state index in [1.54, 1.807) is 11.9 Å². The van der Waals surface area contributed by atoms with Crippen LogP contribution in [0.5, 0.6) is 0 Å². The molecule has 0 saturated heterocycles. The minimum Gasteiger partial charge on any atom is -0.383 e. The molecule has 0 fully saturated rings. The number of carbonyl (C=O) groups excluding carboxylic acids is 1.